The van der Waals surface area contributed by atoms with Crippen molar-refractivity contribution in [3.05, 3.63) is 64.1 Å². The Hall–Kier alpha value is -1.81. The molecule has 2 aromatic carbocycles. The summed E-state index contributed by atoms with van der Waals surface area (Å²) in [5.41, 5.74) is 1.68. The minimum atomic E-state index is -0.0491. The maximum atomic E-state index is 12.7. The van der Waals surface area contributed by atoms with Crippen LogP contribution in [-0.2, 0) is 6.54 Å². The second-order valence-corrected chi connectivity index (χ2v) is 6.37. The Morgan fingerprint density at radius 3 is 2.50 bits per heavy atom. The van der Waals surface area contributed by atoms with Crippen LogP contribution in [-0.4, -0.2) is 24.0 Å². The zero-order chi connectivity index (χ0) is 16.1. The molecule has 116 valence electrons. The van der Waals surface area contributed by atoms with Crippen LogP contribution in [0.5, 0.6) is 5.75 Å². The maximum absolute atomic E-state index is 12.7. The molecule has 0 aliphatic rings. The maximum Gasteiger partial charge on any atom is 0.257 e. The first-order chi connectivity index (χ1) is 10.5. The molecule has 0 saturated carbocycles. The van der Waals surface area contributed by atoms with Crippen molar-refractivity contribution in [2.75, 3.05) is 7.05 Å². The van der Waals surface area contributed by atoms with Crippen LogP contribution in [0.15, 0.2) is 53.0 Å². The first-order valence-corrected chi connectivity index (χ1v) is 8.02. The van der Waals surface area contributed by atoms with Crippen molar-refractivity contribution in [3.8, 4) is 5.75 Å². The lowest BCUT2D eigenvalue weighted by atomic mass is 10.1. The monoisotopic (exact) mass is 361 g/mol. The lowest BCUT2D eigenvalue weighted by Crippen LogP contribution is -2.27. The van der Waals surface area contributed by atoms with Gasteiger partial charge in [0.1, 0.15) is 5.75 Å². The minimum absolute atomic E-state index is 0.0141. The SMILES string of the molecule is CC(C)Oc1cc(Br)ccc1C(=O)N(C)Cc1ccccc1. The Bertz CT molecular complexity index is 641. The Balaban J connectivity index is 2.21. The summed E-state index contributed by atoms with van der Waals surface area (Å²) in [4.78, 5) is 14.4. The largest absolute Gasteiger partial charge is 0.490 e. The first kappa shape index (κ1) is 16.6. The molecule has 0 heterocycles. The molecule has 3 nitrogen and oxygen atoms in total. The lowest BCUT2D eigenvalue weighted by Gasteiger charge is -2.20. The molecular formula is C18H20BrNO2. The van der Waals surface area contributed by atoms with Gasteiger partial charge in [0.2, 0.25) is 0 Å². The second-order valence-electron chi connectivity index (χ2n) is 5.45. The van der Waals surface area contributed by atoms with Crippen LogP contribution in [0.4, 0.5) is 0 Å². The predicted octanol–water partition coefficient (Wildman–Crippen LogP) is 4.51. The topological polar surface area (TPSA) is 29.5 Å². The van der Waals surface area contributed by atoms with Gasteiger partial charge in [-0.2, -0.15) is 0 Å². The highest BCUT2D eigenvalue weighted by atomic mass is 79.9. The van der Waals surface area contributed by atoms with Gasteiger partial charge in [-0.1, -0.05) is 46.3 Å². The molecular weight excluding hydrogens is 342 g/mol. The van der Waals surface area contributed by atoms with Crippen molar-refractivity contribution in [2.45, 2.75) is 26.5 Å². The summed E-state index contributed by atoms with van der Waals surface area (Å²) in [5, 5.41) is 0. The molecule has 0 bridgehead atoms. The van der Waals surface area contributed by atoms with E-state index in [1.54, 1.807) is 18.0 Å². The highest BCUT2D eigenvalue weighted by Crippen LogP contribution is 2.26. The number of halogens is 1. The number of ether oxygens (including phenoxy) is 1. The summed E-state index contributed by atoms with van der Waals surface area (Å²) in [5.74, 6) is 0.557. The van der Waals surface area contributed by atoms with Crippen molar-refractivity contribution in [3.63, 3.8) is 0 Å². The number of carbonyl (C=O) groups excluding carboxylic acids is 1. The van der Waals surface area contributed by atoms with Crippen LogP contribution in [0.2, 0.25) is 0 Å². The molecule has 0 aliphatic carbocycles. The smallest absolute Gasteiger partial charge is 0.257 e. The van der Waals surface area contributed by atoms with E-state index in [0.29, 0.717) is 17.9 Å². The number of nitrogens with zero attached hydrogens (tertiary/aromatic N) is 1. The zero-order valence-electron chi connectivity index (χ0n) is 13.0. The molecule has 1 amide bonds. The average Bonchev–Trinajstić information content (AvgIpc) is 2.47. The van der Waals surface area contributed by atoms with Crippen LogP contribution in [0.3, 0.4) is 0 Å². The summed E-state index contributed by atoms with van der Waals surface area (Å²) in [6.45, 7) is 4.46. The fourth-order valence-electron chi connectivity index (χ4n) is 2.16. The van der Waals surface area contributed by atoms with E-state index < -0.39 is 0 Å². The van der Waals surface area contributed by atoms with Gasteiger partial charge in [-0.3, -0.25) is 4.79 Å². The Labute approximate surface area is 140 Å². The van der Waals surface area contributed by atoms with Crippen molar-refractivity contribution in [2.24, 2.45) is 0 Å². The van der Waals surface area contributed by atoms with Gasteiger partial charge in [-0.05, 0) is 37.6 Å². The Morgan fingerprint density at radius 1 is 1.18 bits per heavy atom. The lowest BCUT2D eigenvalue weighted by molar-refractivity contribution is 0.0779. The van der Waals surface area contributed by atoms with Gasteiger partial charge in [0.05, 0.1) is 11.7 Å². The van der Waals surface area contributed by atoms with E-state index in [1.165, 1.54) is 0 Å². The number of rotatable bonds is 5. The molecule has 0 saturated heterocycles. The number of carbonyl (C=O) groups is 1. The van der Waals surface area contributed by atoms with Gasteiger partial charge < -0.3 is 9.64 Å². The van der Waals surface area contributed by atoms with Crippen molar-refractivity contribution >= 4 is 21.8 Å². The standard InChI is InChI=1S/C18H20BrNO2/c1-13(2)22-17-11-15(19)9-10-16(17)18(21)20(3)12-14-7-5-4-6-8-14/h4-11,13H,12H2,1-3H3. The van der Waals surface area contributed by atoms with Crippen LogP contribution >= 0.6 is 15.9 Å². The molecule has 0 aromatic heterocycles. The van der Waals surface area contributed by atoms with Crippen molar-refractivity contribution in [1.29, 1.82) is 0 Å². The minimum Gasteiger partial charge on any atom is -0.490 e. The highest BCUT2D eigenvalue weighted by molar-refractivity contribution is 9.10. The molecule has 22 heavy (non-hydrogen) atoms. The van der Waals surface area contributed by atoms with Crippen LogP contribution in [0, 0.1) is 0 Å². The van der Waals surface area contributed by atoms with E-state index in [4.69, 9.17) is 4.74 Å². The summed E-state index contributed by atoms with van der Waals surface area (Å²) in [7, 11) is 1.80. The van der Waals surface area contributed by atoms with E-state index in [0.717, 1.165) is 10.0 Å². The average molecular weight is 362 g/mol. The molecule has 4 heteroatoms. The van der Waals surface area contributed by atoms with Gasteiger partial charge in [-0.15, -0.1) is 0 Å². The third-order valence-corrected chi connectivity index (χ3v) is 3.64. The summed E-state index contributed by atoms with van der Waals surface area (Å²) >= 11 is 3.42. The molecule has 0 unspecified atom stereocenters. The summed E-state index contributed by atoms with van der Waals surface area (Å²) < 4.78 is 6.66. The Morgan fingerprint density at radius 2 is 1.86 bits per heavy atom. The number of amides is 1. The molecule has 0 atom stereocenters. The van der Waals surface area contributed by atoms with Crippen LogP contribution in [0.25, 0.3) is 0 Å². The van der Waals surface area contributed by atoms with Crippen molar-refractivity contribution in [1.82, 2.24) is 4.90 Å². The molecule has 2 rings (SSSR count). The molecule has 0 N–H and O–H groups in total. The number of hydrogen-bond donors (Lipinski definition) is 0. The van der Waals surface area contributed by atoms with Crippen LogP contribution < -0.4 is 4.74 Å². The summed E-state index contributed by atoms with van der Waals surface area (Å²) in [6, 6.07) is 15.4. The normalized spacial score (nSPS) is 10.6. The molecule has 0 fully saturated rings. The molecule has 0 radical (unpaired) electrons. The van der Waals surface area contributed by atoms with E-state index in [-0.39, 0.29) is 12.0 Å². The third-order valence-electron chi connectivity index (χ3n) is 3.15. The predicted molar refractivity (Wildman–Crippen MR) is 92.1 cm³/mol. The fourth-order valence-corrected chi connectivity index (χ4v) is 2.50. The van der Waals surface area contributed by atoms with Gasteiger partial charge >= 0.3 is 0 Å². The first-order valence-electron chi connectivity index (χ1n) is 7.23. The van der Waals surface area contributed by atoms with Gasteiger partial charge in [-0.25, -0.2) is 0 Å². The van der Waals surface area contributed by atoms with Gasteiger partial charge in [0, 0.05) is 18.1 Å². The highest BCUT2D eigenvalue weighted by Gasteiger charge is 2.18. The number of hydrogen-bond acceptors (Lipinski definition) is 2. The van der Waals surface area contributed by atoms with E-state index >= 15 is 0 Å². The van der Waals surface area contributed by atoms with E-state index in [1.807, 2.05) is 56.3 Å². The molecule has 2 aromatic rings. The van der Waals surface area contributed by atoms with Crippen LogP contribution in [0.1, 0.15) is 29.8 Å². The number of benzene rings is 2. The fraction of sp³-hybridized carbons (Fsp3) is 0.278. The Kier molecular flexibility index (Phi) is 5.61. The molecule has 0 aliphatic heterocycles. The zero-order valence-corrected chi connectivity index (χ0v) is 14.6. The molecule has 0 spiro atoms. The van der Waals surface area contributed by atoms with Crippen molar-refractivity contribution < 1.29 is 9.53 Å². The van der Waals surface area contributed by atoms with Gasteiger partial charge in [0.25, 0.3) is 5.91 Å². The van der Waals surface area contributed by atoms with E-state index in [2.05, 4.69) is 15.9 Å². The summed E-state index contributed by atoms with van der Waals surface area (Å²) in [6.07, 6.45) is 0.0141. The second kappa shape index (κ2) is 7.45. The van der Waals surface area contributed by atoms with E-state index in [9.17, 15) is 4.79 Å². The quantitative estimate of drug-likeness (QED) is 0.783. The third kappa shape index (κ3) is 4.34. The van der Waals surface area contributed by atoms with Gasteiger partial charge in [0.15, 0.2) is 0 Å².